The molecule has 1 aromatic rings. The number of rotatable bonds is 5. The lowest BCUT2D eigenvalue weighted by molar-refractivity contribution is 0.299. The lowest BCUT2D eigenvalue weighted by Crippen LogP contribution is -2.30. The molecule has 2 heteroatoms. The Morgan fingerprint density at radius 3 is 2.67 bits per heavy atom. The normalized spacial score (nSPS) is 16.7. The van der Waals surface area contributed by atoms with Crippen LogP contribution in [0, 0.1) is 5.41 Å². The molecular weight excluding hydrogens is 220 g/mol. The Balaban J connectivity index is 2.17. The minimum atomic E-state index is 0.187. The molecule has 0 radical (unpaired) electrons. The second-order valence-electron chi connectivity index (χ2n) is 6.30. The van der Waals surface area contributed by atoms with E-state index in [1.54, 1.807) is 11.1 Å². The van der Waals surface area contributed by atoms with E-state index in [0.29, 0.717) is 6.04 Å². The SMILES string of the molecule is CNC(CC(C)(C)CN)c1ccc2c(c1)CCC2. The third-order valence-electron chi connectivity index (χ3n) is 4.18. The fraction of sp³-hybridized carbons (Fsp3) is 0.625. The van der Waals surface area contributed by atoms with Gasteiger partial charge in [0.2, 0.25) is 0 Å². The van der Waals surface area contributed by atoms with Gasteiger partial charge < -0.3 is 11.1 Å². The molecule has 2 rings (SSSR count). The molecule has 0 aliphatic heterocycles. The van der Waals surface area contributed by atoms with Crippen molar-refractivity contribution in [2.24, 2.45) is 11.1 Å². The molecule has 1 unspecified atom stereocenters. The van der Waals surface area contributed by atoms with Crippen molar-refractivity contribution in [3.63, 3.8) is 0 Å². The second kappa shape index (κ2) is 5.41. The highest BCUT2D eigenvalue weighted by atomic mass is 14.9. The molecule has 18 heavy (non-hydrogen) atoms. The number of hydrogen-bond acceptors (Lipinski definition) is 2. The van der Waals surface area contributed by atoms with Crippen molar-refractivity contribution in [2.75, 3.05) is 13.6 Å². The van der Waals surface area contributed by atoms with Crippen LogP contribution in [0.1, 0.15) is 49.4 Å². The molecule has 0 aromatic heterocycles. The second-order valence-corrected chi connectivity index (χ2v) is 6.30. The molecule has 1 atom stereocenters. The van der Waals surface area contributed by atoms with Gasteiger partial charge in [0.15, 0.2) is 0 Å². The fourth-order valence-electron chi connectivity index (χ4n) is 2.83. The van der Waals surface area contributed by atoms with Crippen LogP contribution in [0.4, 0.5) is 0 Å². The third-order valence-corrected chi connectivity index (χ3v) is 4.18. The predicted molar refractivity (Wildman–Crippen MR) is 77.7 cm³/mol. The lowest BCUT2D eigenvalue weighted by atomic mass is 9.83. The Labute approximate surface area is 111 Å². The van der Waals surface area contributed by atoms with E-state index in [2.05, 4.69) is 37.4 Å². The summed E-state index contributed by atoms with van der Waals surface area (Å²) >= 11 is 0. The highest BCUT2D eigenvalue weighted by molar-refractivity contribution is 5.36. The van der Waals surface area contributed by atoms with Crippen molar-refractivity contribution >= 4 is 0 Å². The van der Waals surface area contributed by atoms with Crippen LogP contribution in [0.25, 0.3) is 0 Å². The van der Waals surface area contributed by atoms with Crippen LogP contribution in [0.3, 0.4) is 0 Å². The van der Waals surface area contributed by atoms with Gasteiger partial charge in [0.05, 0.1) is 0 Å². The maximum absolute atomic E-state index is 5.85. The lowest BCUT2D eigenvalue weighted by Gasteiger charge is -2.29. The average Bonchev–Trinajstić information content (AvgIpc) is 2.83. The maximum Gasteiger partial charge on any atom is 0.0323 e. The summed E-state index contributed by atoms with van der Waals surface area (Å²) in [6, 6.07) is 7.42. The first-order valence-corrected chi connectivity index (χ1v) is 7.05. The smallest absolute Gasteiger partial charge is 0.0323 e. The summed E-state index contributed by atoms with van der Waals surface area (Å²) in [6.45, 7) is 5.21. The van der Waals surface area contributed by atoms with Crippen molar-refractivity contribution in [1.82, 2.24) is 5.32 Å². The molecule has 0 saturated heterocycles. The zero-order chi connectivity index (χ0) is 13.2. The van der Waals surface area contributed by atoms with Gasteiger partial charge in [0, 0.05) is 6.04 Å². The van der Waals surface area contributed by atoms with Gasteiger partial charge in [-0.2, -0.15) is 0 Å². The van der Waals surface area contributed by atoms with E-state index in [1.807, 2.05) is 7.05 Å². The van der Waals surface area contributed by atoms with Crippen molar-refractivity contribution in [3.8, 4) is 0 Å². The van der Waals surface area contributed by atoms with E-state index in [0.717, 1.165) is 13.0 Å². The Morgan fingerprint density at radius 2 is 2.00 bits per heavy atom. The monoisotopic (exact) mass is 246 g/mol. The molecule has 3 N–H and O–H groups in total. The molecule has 0 bridgehead atoms. The van der Waals surface area contributed by atoms with Crippen LogP contribution in [0.15, 0.2) is 18.2 Å². The van der Waals surface area contributed by atoms with Gasteiger partial charge >= 0.3 is 0 Å². The number of benzene rings is 1. The molecule has 1 aromatic carbocycles. The van der Waals surface area contributed by atoms with Crippen molar-refractivity contribution in [2.45, 2.75) is 45.6 Å². The maximum atomic E-state index is 5.85. The number of nitrogens with one attached hydrogen (secondary N) is 1. The molecule has 0 saturated carbocycles. The third kappa shape index (κ3) is 2.93. The van der Waals surface area contributed by atoms with E-state index in [9.17, 15) is 0 Å². The largest absolute Gasteiger partial charge is 0.330 e. The zero-order valence-corrected chi connectivity index (χ0v) is 11.9. The van der Waals surface area contributed by atoms with Crippen LogP contribution in [-0.2, 0) is 12.8 Å². The number of hydrogen-bond donors (Lipinski definition) is 2. The Morgan fingerprint density at radius 1 is 1.28 bits per heavy atom. The van der Waals surface area contributed by atoms with Crippen LogP contribution < -0.4 is 11.1 Å². The van der Waals surface area contributed by atoms with Gasteiger partial charge in [0.1, 0.15) is 0 Å². The molecule has 100 valence electrons. The molecular formula is C16H26N2. The van der Waals surface area contributed by atoms with Gasteiger partial charge in [-0.1, -0.05) is 32.0 Å². The van der Waals surface area contributed by atoms with Gasteiger partial charge in [-0.25, -0.2) is 0 Å². The molecule has 0 amide bonds. The summed E-state index contributed by atoms with van der Waals surface area (Å²) in [5.74, 6) is 0. The Hall–Kier alpha value is -0.860. The molecule has 0 spiro atoms. The van der Waals surface area contributed by atoms with E-state index < -0.39 is 0 Å². The standard InChI is InChI=1S/C16H26N2/c1-16(2,11-17)10-15(18-3)14-8-7-12-5-4-6-13(12)9-14/h7-9,15,18H,4-6,10-11,17H2,1-3H3. The van der Waals surface area contributed by atoms with E-state index in [4.69, 9.17) is 5.73 Å². The number of aryl methyl sites for hydroxylation is 2. The van der Waals surface area contributed by atoms with Gasteiger partial charge in [-0.3, -0.25) is 0 Å². The van der Waals surface area contributed by atoms with Crippen molar-refractivity contribution in [3.05, 3.63) is 34.9 Å². The highest BCUT2D eigenvalue weighted by Crippen LogP contribution is 2.31. The van der Waals surface area contributed by atoms with E-state index in [-0.39, 0.29) is 5.41 Å². The summed E-state index contributed by atoms with van der Waals surface area (Å²) in [6.07, 6.45) is 4.91. The molecule has 1 aliphatic rings. The minimum absolute atomic E-state index is 0.187. The van der Waals surface area contributed by atoms with Gasteiger partial charge in [-0.15, -0.1) is 0 Å². The number of nitrogens with two attached hydrogens (primary N) is 1. The zero-order valence-electron chi connectivity index (χ0n) is 11.9. The summed E-state index contributed by atoms with van der Waals surface area (Å²) in [5.41, 5.74) is 10.6. The van der Waals surface area contributed by atoms with Crippen LogP contribution in [0.2, 0.25) is 0 Å². The first kappa shape index (κ1) is 13.6. The quantitative estimate of drug-likeness (QED) is 0.838. The summed E-state index contributed by atoms with van der Waals surface area (Å²) in [7, 11) is 2.05. The molecule has 0 heterocycles. The minimum Gasteiger partial charge on any atom is -0.330 e. The Bertz CT molecular complexity index is 410. The van der Waals surface area contributed by atoms with E-state index >= 15 is 0 Å². The summed E-state index contributed by atoms with van der Waals surface area (Å²) in [4.78, 5) is 0. The fourth-order valence-corrected chi connectivity index (χ4v) is 2.83. The van der Waals surface area contributed by atoms with Gasteiger partial charge in [-0.05, 0) is 61.4 Å². The molecule has 1 aliphatic carbocycles. The summed E-state index contributed by atoms with van der Waals surface area (Å²) in [5, 5.41) is 3.44. The first-order valence-electron chi connectivity index (χ1n) is 7.05. The van der Waals surface area contributed by atoms with Crippen molar-refractivity contribution < 1.29 is 0 Å². The topological polar surface area (TPSA) is 38.0 Å². The van der Waals surface area contributed by atoms with E-state index in [1.165, 1.54) is 24.8 Å². The van der Waals surface area contributed by atoms with Crippen molar-refractivity contribution in [1.29, 1.82) is 0 Å². The van der Waals surface area contributed by atoms with Crippen LogP contribution in [-0.4, -0.2) is 13.6 Å². The predicted octanol–water partition coefficient (Wildman–Crippen LogP) is 2.81. The molecule has 2 nitrogen and oxygen atoms in total. The molecule has 0 fully saturated rings. The Kier molecular flexibility index (Phi) is 4.08. The number of fused-ring (bicyclic) bond motifs is 1. The summed E-state index contributed by atoms with van der Waals surface area (Å²) < 4.78 is 0. The van der Waals surface area contributed by atoms with Crippen LogP contribution in [0.5, 0.6) is 0 Å². The average molecular weight is 246 g/mol. The van der Waals surface area contributed by atoms with Gasteiger partial charge in [0.25, 0.3) is 0 Å². The highest BCUT2D eigenvalue weighted by Gasteiger charge is 2.23. The van der Waals surface area contributed by atoms with Crippen LogP contribution >= 0.6 is 0 Å². The first-order chi connectivity index (χ1) is 8.55.